The predicted molar refractivity (Wildman–Crippen MR) is 122 cm³/mol. The van der Waals surface area contributed by atoms with Crippen LogP contribution in [0.3, 0.4) is 0 Å². The first-order valence-electron chi connectivity index (χ1n) is 11.1. The van der Waals surface area contributed by atoms with E-state index < -0.39 is 15.6 Å². The van der Waals surface area contributed by atoms with E-state index >= 15 is 0 Å². The molecule has 168 valence electrons. The second-order valence-electron chi connectivity index (χ2n) is 8.35. The van der Waals surface area contributed by atoms with Gasteiger partial charge in [-0.15, -0.1) is 0 Å². The molecule has 0 aromatic heterocycles. The number of hydrogen-bond donors (Lipinski definition) is 0. The van der Waals surface area contributed by atoms with Gasteiger partial charge in [0.25, 0.3) is 11.4 Å². The smallest absolute Gasteiger partial charge is 0.293 e. The van der Waals surface area contributed by atoms with Crippen LogP contribution in [0.4, 0.5) is 22.7 Å². The van der Waals surface area contributed by atoms with Crippen LogP contribution in [-0.4, -0.2) is 41.8 Å². The molecule has 2 aliphatic heterocycles. The Balaban J connectivity index is 1.66. The van der Waals surface area contributed by atoms with E-state index in [1.165, 1.54) is 12.1 Å². The zero-order valence-electron chi connectivity index (χ0n) is 17.9. The zero-order valence-corrected chi connectivity index (χ0v) is 17.9. The molecule has 2 aromatic rings. The summed E-state index contributed by atoms with van der Waals surface area (Å²) >= 11 is 0. The van der Waals surface area contributed by atoms with Crippen molar-refractivity contribution in [2.24, 2.45) is 0 Å². The number of piperidine rings is 2. The maximum absolute atomic E-state index is 13.1. The topological polar surface area (TPSA) is 110 Å². The molecule has 2 heterocycles. The summed E-state index contributed by atoms with van der Waals surface area (Å²) in [4.78, 5) is 39.5. The number of carbonyl (C=O) groups excluding carboxylic acids is 1. The van der Waals surface area contributed by atoms with E-state index in [0.717, 1.165) is 64.7 Å². The number of benzene rings is 2. The van der Waals surface area contributed by atoms with Crippen molar-refractivity contribution < 1.29 is 14.6 Å². The summed E-state index contributed by atoms with van der Waals surface area (Å²) in [5.74, 6) is -0.466. The molecular weight excluding hydrogens is 412 g/mol. The van der Waals surface area contributed by atoms with Gasteiger partial charge in [0.15, 0.2) is 5.78 Å². The van der Waals surface area contributed by atoms with Crippen LogP contribution in [0, 0.1) is 20.2 Å². The van der Waals surface area contributed by atoms with Crippen LogP contribution in [0.2, 0.25) is 0 Å². The van der Waals surface area contributed by atoms with Crippen LogP contribution >= 0.6 is 0 Å². The van der Waals surface area contributed by atoms with E-state index in [9.17, 15) is 25.0 Å². The molecule has 0 spiro atoms. The SMILES string of the molecule is O=C(c1ccc(N2CCCCC2)c([N+](=O)[O-])c1)c1ccc(N2CCCCC2)c([N+](=O)[O-])c1. The molecule has 9 nitrogen and oxygen atoms in total. The predicted octanol–water partition coefficient (Wildman–Crippen LogP) is 4.71. The molecule has 0 amide bonds. The van der Waals surface area contributed by atoms with E-state index in [0.29, 0.717) is 11.4 Å². The Bertz CT molecular complexity index is 961. The van der Waals surface area contributed by atoms with Crippen molar-refractivity contribution in [1.82, 2.24) is 0 Å². The number of nitrogens with zero attached hydrogens (tertiary/aromatic N) is 4. The Kier molecular flexibility index (Phi) is 6.34. The average Bonchev–Trinajstić information content (AvgIpc) is 2.84. The van der Waals surface area contributed by atoms with Crippen LogP contribution in [0.5, 0.6) is 0 Å². The van der Waals surface area contributed by atoms with Gasteiger partial charge in [-0.2, -0.15) is 0 Å². The van der Waals surface area contributed by atoms with Gasteiger partial charge in [-0.05, 0) is 62.8 Å². The van der Waals surface area contributed by atoms with Crippen LogP contribution in [-0.2, 0) is 0 Å². The van der Waals surface area contributed by atoms with Gasteiger partial charge in [0.2, 0.25) is 0 Å². The van der Waals surface area contributed by atoms with Crippen molar-refractivity contribution >= 4 is 28.5 Å². The highest BCUT2D eigenvalue weighted by Crippen LogP contribution is 2.34. The van der Waals surface area contributed by atoms with Gasteiger partial charge >= 0.3 is 0 Å². The molecule has 32 heavy (non-hydrogen) atoms. The molecule has 0 unspecified atom stereocenters. The fourth-order valence-corrected chi connectivity index (χ4v) is 4.59. The molecule has 2 aliphatic rings. The maximum atomic E-state index is 13.1. The van der Waals surface area contributed by atoms with E-state index in [1.54, 1.807) is 24.3 Å². The largest absolute Gasteiger partial charge is 0.366 e. The van der Waals surface area contributed by atoms with Gasteiger partial charge in [-0.25, -0.2) is 0 Å². The molecule has 0 saturated carbocycles. The van der Waals surface area contributed by atoms with Gasteiger partial charge in [-0.3, -0.25) is 25.0 Å². The van der Waals surface area contributed by atoms with Crippen molar-refractivity contribution in [3.05, 3.63) is 67.8 Å². The third-order valence-electron chi connectivity index (χ3n) is 6.26. The minimum atomic E-state index is -0.470. The molecule has 2 saturated heterocycles. The van der Waals surface area contributed by atoms with Crippen LogP contribution in [0.1, 0.15) is 54.4 Å². The summed E-state index contributed by atoms with van der Waals surface area (Å²) in [7, 11) is 0. The fraction of sp³-hybridized carbons (Fsp3) is 0.435. The number of hydrogen-bond acceptors (Lipinski definition) is 7. The van der Waals surface area contributed by atoms with Gasteiger partial charge in [-0.1, -0.05) is 0 Å². The van der Waals surface area contributed by atoms with Gasteiger partial charge < -0.3 is 9.80 Å². The third-order valence-corrected chi connectivity index (χ3v) is 6.26. The minimum Gasteiger partial charge on any atom is -0.366 e. The van der Waals surface area contributed by atoms with Crippen molar-refractivity contribution in [3.8, 4) is 0 Å². The lowest BCUT2D eigenvalue weighted by molar-refractivity contribution is -0.384. The molecule has 0 N–H and O–H groups in total. The molecule has 0 aliphatic carbocycles. The molecule has 0 radical (unpaired) electrons. The summed E-state index contributed by atoms with van der Waals surface area (Å²) < 4.78 is 0. The van der Waals surface area contributed by atoms with Crippen molar-refractivity contribution in [1.29, 1.82) is 0 Å². The standard InChI is InChI=1S/C23H26N4O5/c28-23(17-7-9-19(21(15-17)26(29)30)24-11-3-1-4-12-24)18-8-10-20(22(16-18)27(31)32)25-13-5-2-6-14-25/h7-10,15-16H,1-6,11-14H2. The summed E-state index contributed by atoms with van der Waals surface area (Å²) in [6.07, 6.45) is 6.12. The molecule has 0 atom stereocenters. The number of anilines is 2. The van der Waals surface area contributed by atoms with Crippen molar-refractivity contribution in [2.45, 2.75) is 38.5 Å². The van der Waals surface area contributed by atoms with Crippen molar-refractivity contribution in [2.75, 3.05) is 36.0 Å². The zero-order chi connectivity index (χ0) is 22.7. The Morgan fingerprint density at radius 1 is 0.656 bits per heavy atom. The number of nitro groups is 2. The second kappa shape index (κ2) is 9.33. The number of carbonyl (C=O) groups is 1. The first kappa shape index (κ1) is 21.7. The minimum absolute atomic E-state index is 0.114. The van der Waals surface area contributed by atoms with Crippen LogP contribution in [0.15, 0.2) is 36.4 Å². The first-order valence-corrected chi connectivity index (χ1v) is 11.1. The molecule has 4 rings (SSSR count). The van der Waals surface area contributed by atoms with E-state index in [4.69, 9.17) is 0 Å². The van der Waals surface area contributed by atoms with Crippen LogP contribution in [0.25, 0.3) is 0 Å². The summed E-state index contributed by atoms with van der Waals surface area (Å²) in [5, 5.41) is 23.4. The van der Waals surface area contributed by atoms with Gasteiger partial charge in [0, 0.05) is 49.4 Å². The van der Waals surface area contributed by atoms with E-state index in [2.05, 4.69) is 0 Å². The highest BCUT2D eigenvalue weighted by molar-refractivity contribution is 6.10. The lowest BCUT2D eigenvalue weighted by Crippen LogP contribution is -2.30. The van der Waals surface area contributed by atoms with E-state index in [1.807, 2.05) is 9.80 Å². The number of ketones is 1. The molecular formula is C23H26N4O5. The summed E-state index contributed by atoms with van der Waals surface area (Å²) in [5.41, 5.74) is 1.10. The normalized spacial score (nSPS) is 16.6. The Hall–Kier alpha value is -3.49. The first-order chi connectivity index (χ1) is 15.5. The summed E-state index contributed by atoms with van der Waals surface area (Å²) in [6, 6.07) is 8.96. The third kappa shape index (κ3) is 4.42. The lowest BCUT2D eigenvalue weighted by Gasteiger charge is -2.28. The Morgan fingerprint density at radius 2 is 1.03 bits per heavy atom. The monoisotopic (exact) mass is 438 g/mol. The Morgan fingerprint density at radius 3 is 1.38 bits per heavy atom. The summed E-state index contributed by atoms with van der Waals surface area (Å²) in [6.45, 7) is 2.99. The second-order valence-corrected chi connectivity index (χ2v) is 8.35. The maximum Gasteiger partial charge on any atom is 0.293 e. The molecule has 2 fully saturated rings. The average molecular weight is 438 g/mol. The highest BCUT2D eigenvalue weighted by atomic mass is 16.6. The van der Waals surface area contributed by atoms with Gasteiger partial charge in [0.05, 0.1) is 9.85 Å². The van der Waals surface area contributed by atoms with Crippen LogP contribution < -0.4 is 9.80 Å². The Labute approximate surface area is 185 Å². The van der Waals surface area contributed by atoms with E-state index in [-0.39, 0.29) is 22.5 Å². The molecule has 2 aromatic carbocycles. The van der Waals surface area contributed by atoms with Gasteiger partial charge in [0.1, 0.15) is 11.4 Å². The number of nitro benzene ring substituents is 2. The highest BCUT2D eigenvalue weighted by Gasteiger charge is 2.26. The number of rotatable bonds is 6. The van der Waals surface area contributed by atoms with Crippen molar-refractivity contribution in [3.63, 3.8) is 0 Å². The fourth-order valence-electron chi connectivity index (χ4n) is 4.59. The lowest BCUT2D eigenvalue weighted by atomic mass is 9.99. The quantitative estimate of drug-likeness (QED) is 0.365. The molecule has 0 bridgehead atoms. The molecule has 9 heteroatoms.